The van der Waals surface area contributed by atoms with Gasteiger partial charge < -0.3 is 15.2 Å². The third-order valence-corrected chi connectivity index (χ3v) is 3.25. The summed E-state index contributed by atoms with van der Waals surface area (Å²) in [5, 5.41) is 12.3. The lowest BCUT2D eigenvalue weighted by Crippen LogP contribution is -2.29. The standard InChI is InChI=1S/C15H25NO2/c1-12(11-16-13(2)5-4-10-17)14-6-8-15(18-3)9-7-14/h6-9,12-13,16-17H,4-5,10-11H2,1-3H3. The molecule has 0 aromatic heterocycles. The third-order valence-electron chi connectivity index (χ3n) is 3.25. The minimum Gasteiger partial charge on any atom is -0.497 e. The molecule has 102 valence electrons. The molecule has 0 radical (unpaired) electrons. The molecule has 0 fully saturated rings. The molecule has 1 rings (SSSR count). The van der Waals surface area contributed by atoms with Gasteiger partial charge in [0.2, 0.25) is 0 Å². The van der Waals surface area contributed by atoms with Crippen molar-refractivity contribution in [3.05, 3.63) is 29.8 Å². The summed E-state index contributed by atoms with van der Waals surface area (Å²) in [6.45, 7) is 5.61. The Morgan fingerprint density at radius 3 is 2.44 bits per heavy atom. The van der Waals surface area contributed by atoms with Crippen LogP contribution in [-0.4, -0.2) is 31.4 Å². The van der Waals surface area contributed by atoms with Gasteiger partial charge in [0.15, 0.2) is 0 Å². The fourth-order valence-electron chi connectivity index (χ4n) is 1.93. The summed E-state index contributed by atoms with van der Waals surface area (Å²) in [5.74, 6) is 1.38. The van der Waals surface area contributed by atoms with Gasteiger partial charge in [0.05, 0.1) is 7.11 Å². The molecule has 3 heteroatoms. The van der Waals surface area contributed by atoms with Crippen molar-refractivity contribution >= 4 is 0 Å². The Kier molecular flexibility index (Phi) is 6.76. The smallest absolute Gasteiger partial charge is 0.118 e. The second-order valence-corrected chi connectivity index (χ2v) is 4.85. The van der Waals surface area contributed by atoms with Crippen molar-refractivity contribution < 1.29 is 9.84 Å². The number of aliphatic hydroxyl groups is 1. The maximum Gasteiger partial charge on any atom is 0.118 e. The van der Waals surface area contributed by atoms with Gasteiger partial charge in [-0.05, 0) is 43.4 Å². The number of methoxy groups -OCH3 is 1. The Bertz CT molecular complexity index is 324. The normalized spacial score (nSPS) is 14.2. The first-order valence-corrected chi connectivity index (χ1v) is 6.65. The summed E-state index contributed by atoms with van der Waals surface area (Å²) < 4.78 is 5.15. The van der Waals surface area contributed by atoms with Crippen molar-refractivity contribution in [2.45, 2.75) is 38.6 Å². The molecule has 0 aliphatic heterocycles. The molecule has 1 aromatic rings. The van der Waals surface area contributed by atoms with Crippen molar-refractivity contribution in [2.75, 3.05) is 20.3 Å². The zero-order chi connectivity index (χ0) is 13.4. The molecule has 0 bridgehead atoms. The van der Waals surface area contributed by atoms with Crippen LogP contribution in [0.3, 0.4) is 0 Å². The summed E-state index contributed by atoms with van der Waals surface area (Å²) in [6.07, 6.45) is 1.89. The summed E-state index contributed by atoms with van der Waals surface area (Å²) in [7, 11) is 1.68. The fraction of sp³-hybridized carbons (Fsp3) is 0.600. The number of hydrogen-bond acceptors (Lipinski definition) is 3. The second kappa shape index (κ2) is 8.11. The first-order chi connectivity index (χ1) is 8.67. The SMILES string of the molecule is COc1ccc(C(C)CNC(C)CCCO)cc1. The molecule has 2 unspecified atom stereocenters. The van der Waals surface area contributed by atoms with Crippen molar-refractivity contribution in [2.24, 2.45) is 0 Å². The van der Waals surface area contributed by atoms with E-state index in [2.05, 4.69) is 31.3 Å². The van der Waals surface area contributed by atoms with Gasteiger partial charge in [0.1, 0.15) is 5.75 Å². The van der Waals surface area contributed by atoms with Crippen LogP contribution in [0.4, 0.5) is 0 Å². The van der Waals surface area contributed by atoms with Gasteiger partial charge >= 0.3 is 0 Å². The molecule has 0 aliphatic carbocycles. The fourth-order valence-corrected chi connectivity index (χ4v) is 1.93. The van der Waals surface area contributed by atoms with Crippen molar-refractivity contribution in [3.63, 3.8) is 0 Å². The summed E-state index contributed by atoms with van der Waals surface area (Å²) >= 11 is 0. The Hall–Kier alpha value is -1.06. The lowest BCUT2D eigenvalue weighted by Gasteiger charge is -2.18. The number of aliphatic hydroxyl groups excluding tert-OH is 1. The van der Waals surface area contributed by atoms with E-state index in [4.69, 9.17) is 9.84 Å². The van der Waals surface area contributed by atoms with Crippen LogP contribution in [0.2, 0.25) is 0 Å². The number of rotatable bonds is 8. The molecule has 0 spiro atoms. The monoisotopic (exact) mass is 251 g/mol. The van der Waals surface area contributed by atoms with Crippen LogP contribution in [0, 0.1) is 0 Å². The van der Waals surface area contributed by atoms with E-state index >= 15 is 0 Å². The van der Waals surface area contributed by atoms with Crippen molar-refractivity contribution in [3.8, 4) is 5.75 Å². The van der Waals surface area contributed by atoms with Crippen molar-refractivity contribution in [1.82, 2.24) is 5.32 Å². The van der Waals surface area contributed by atoms with Crippen LogP contribution in [0.15, 0.2) is 24.3 Å². The van der Waals surface area contributed by atoms with E-state index in [1.165, 1.54) is 5.56 Å². The molecule has 0 heterocycles. The van der Waals surface area contributed by atoms with E-state index in [0.29, 0.717) is 12.0 Å². The molecular weight excluding hydrogens is 226 g/mol. The van der Waals surface area contributed by atoms with Gasteiger partial charge in [-0.1, -0.05) is 19.1 Å². The van der Waals surface area contributed by atoms with Gasteiger partial charge in [-0.2, -0.15) is 0 Å². The van der Waals surface area contributed by atoms with Gasteiger partial charge in [0, 0.05) is 19.2 Å². The van der Waals surface area contributed by atoms with Gasteiger partial charge in [-0.3, -0.25) is 0 Å². The molecule has 0 aliphatic rings. The van der Waals surface area contributed by atoms with Gasteiger partial charge in [-0.15, -0.1) is 0 Å². The van der Waals surface area contributed by atoms with Crippen molar-refractivity contribution in [1.29, 1.82) is 0 Å². The third kappa shape index (κ3) is 5.07. The summed E-state index contributed by atoms with van der Waals surface area (Å²) in [4.78, 5) is 0. The number of benzene rings is 1. The van der Waals surface area contributed by atoms with Gasteiger partial charge in [-0.25, -0.2) is 0 Å². The number of nitrogens with one attached hydrogen (secondary N) is 1. The quantitative estimate of drug-likeness (QED) is 0.746. The Balaban J connectivity index is 2.37. The second-order valence-electron chi connectivity index (χ2n) is 4.85. The lowest BCUT2D eigenvalue weighted by atomic mass is 10.0. The van der Waals surface area contributed by atoms with E-state index in [1.807, 2.05) is 12.1 Å². The van der Waals surface area contributed by atoms with E-state index in [0.717, 1.165) is 25.1 Å². The molecular formula is C15H25NO2. The van der Waals surface area contributed by atoms with E-state index in [1.54, 1.807) is 7.11 Å². The highest BCUT2D eigenvalue weighted by Crippen LogP contribution is 2.18. The highest BCUT2D eigenvalue weighted by atomic mass is 16.5. The zero-order valence-corrected chi connectivity index (χ0v) is 11.6. The molecule has 0 amide bonds. The summed E-state index contributed by atoms with van der Waals surface area (Å²) in [5.41, 5.74) is 1.32. The van der Waals surface area contributed by atoms with Crippen LogP contribution in [-0.2, 0) is 0 Å². The topological polar surface area (TPSA) is 41.5 Å². The Morgan fingerprint density at radius 1 is 1.22 bits per heavy atom. The average molecular weight is 251 g/mol. The predicted molar refractivity (Wildman–Crippen MR) is 75.2 cm³/mol. The molecule has 3 nitrogen and oxygen atoms in total. The molecule has 1 aromatic carbocycles. The maximum absolute atomic E-state index is 8.78. The number of ether oxygens (including phenoxy) is 1. The number of hydrogen-bond donors (Lipinski definition) is 2. The first kappa shape index (κ1) is 15.0. The molecule has 2 N–H and O–H groups in total. The summed E-state index contributed by atoms with van der Waals surface area (Å²) in [6, 6.07) is 8.69. The molecule has 0 saturated heterocycles. The minimum absolute atomic E-state index is 0.278. The lowest BCUT2D eigenvalue weighted by molar-refractivity contribution is 0.276. The largest absolute Gasteiger partial charge is 0.497 e. The zero-order valence-electron chi connectivity index (χ0n) is 11.6. The highest BCUT2D eigenvalue weighted by molar-refractivity contribution is 5.29. The van der Waals surface area contributed by atoms with Crippen LogP contribution in [0.5, 0.6) is 5.75 Å². The van der Waals surface area contributed by atoms with Crippen LogP contribution < -0.4 is 10.1 Å². The van der Waals surface area contributed by atoms with Gasteiger partial charge in [0.25, 0.3) is 0 Å². The van der Waals surface area contributed by atoms with E-state index < -0.39 is 0 Å². The Labute approximate surface area is 110 Å². The minimum atomic E-state index is 0.278. The molecule has 0 saturated carbocycles. The van der Waals surface area contributed by atoms with Crippen LogP contribution in [0.1, 0.15) is 38.2 Å². The van der Waals surface area contributed by atoms with E-state index in [-0.39, 0.29) is 6.61 Å². The highest BCUT2D eigenvalue weighted by Gasteiger charge is 2.07. The maximum atomic E-state index is 8.78. The van der Waals surface area contributed by atoms with E-state index in [9.17, 15) is 0 Å². The molecule has 2 atom stereocenters. The average Bonchev–Trinajstić information content (AvgIpc) is 2.42. The van der Waals surface area contributed by atoms with Crippen LogP contribution >= 0.6 is 0 Å². The Morgan fingerprint density at radius 2 is 1.89 bits per heavy atom. The predicted octanol–water partition coefficient (Wildman–Crippen LogP) is 2.55. The first-order valence-electron chi connectivity index (χ1n) is 6.65. The molecule has 18 heavy (non-hydrogen) atoms. The van der Waals surface area contributed by atoms with Crippen LogP contribution in [0.25, 0.3) is 0 Å².